The highest BCUT2D eigenvalue weighted by Crippen LogP contribution is 2.29. The van der Waals surface area contributed by atoms with Crippen LogP contribution in [0.1, 0.15) is 44.9 Å². The van der Waals surface area contributed by atoms with Gasteiger partial charge in [-0.2, -0.15) is 13.2 Å². The maximum atomic E-state index is 12.5. The second kappa shape index (κ2) is 6.72. The normalized spacial score (nSPS) is 19.1. The van der Waals surface area contributed by atoms with Crippen LogP contribution in [0, 0.1) is 5.92 Å². The zero-order chi connectivity index (χ0) is 15.5. The summed E-state index contributed by atoms with van der Waals surface area (Å²) < 4.78 is 38.2. The van der Waals surface area contributed by atoms with Crippen molar-refractivity contribution in [3.8, 4) is 0 Å². The van der Waals surface area contributed by atoms with Crippen LogP contribution in [-0.4, -0.2) is 44.4 Å². The minimum absolute atomic E-state index is 0.262. The van der Waals surface area contributed by atoms with Crippen LogP contribution in [-0.2, 0) is 13.1 Å². The van der Waals surface area contributed by atoms with Gasteiger partial charge in [-0.1, -0.05) is 19.3 Å². The number of alkyl halides is 3. The molecule has 21 heavy (non-hydrogen) atoms. The van der Waals surface area contributed by atoms with Crippen LogP contribution < -0.4 is 0 Å². The van der Waals surface area contributed by atoms with Crippen LogP contribution in [0.5, 0.6) is 0 Å². The molecule has 1 heterocycles. The van der Waals surface area contributed by atoms with Crippen molar-refractivity contribution in [2.24, 2.45) is 5.92 Å². The van der Waals surface area contributed by atoms with E-state index < -0.39 is 12.7 Å². The maximum absolute atomic E-state index is 12.5. The SMILES string of the molecule is C[C@@H](C1CCCCC1)N(C)Cc1nnnn1CC(F)(F)F. The molecule has 0 aromatic carbocycles. The molecule has 1 aliphatic carbocycles. The zero-order valence-electron chi connectivity index (χ0n) is 12.5. The maximum Gasteiger partial charge on any atom is 0.408 e. The Morgan fingerprint density at radius 3 is 2.57 bits per heavy atom. The van der Waals surface area contributed by atoms with Gasteiger partial charge in [0.15, 0.2) is 5.82 Å². The molecule has 5 nitrogen and oxygen atoms in total. The van der Waals surface area contributed by atoms with Crippen LogP contribution in [0.25, 0.3) is 0 Å². The number of halogens is 3. The summed E-state index contributed by atoms with van der Waals surface area (Å²) >= 11 is 0. The van der Waals surface area contributed by atoms with E-state index in [0.717, 1.165) is 4.68 Å². The molecule has 2 rings (SSSR count). The molecule has 120 valence electrons. The molecule has 1 fully saturated rings. The molecule has 1 atom stereocenters. The fraction of sp³-hybridized carbons (Fsp3) is 0.923. The first-order valence-corrected chi connectivity index (χ1v) is 7.39. The highest BCUT2D eigenvalue weighted by atomic mass is 19.4. The molecule has 0 unspecified atom stereocenters. The summed E-state index contributed by atoms with van der Waals surface area (Å²) in [5.74, 6) is 0.869. The van der Waals surface area contributed by atoms with Crippen LogP contribution in [0.3, 0.4) is 0 Å². The van der Waals surface area contributed by atoms with Crippen LogP contribution in [0.2, 0.25) is 0 Å². The second-order valence-corrected chi connectivity index (χ2v) is 5.92. The Bertz CT molecular complexity index is 439. The van der Waals surface area contributed by atoms with E-state index in [9.17, 15) is 13.2 Å². The molecule has 0 spiro atoms. The standard InChI is InChI=1S/C13H22F3N5/c1-10(11-6-4-3-5-7-11)20(2)8-12-17-18-19-21(12)9-13(14,15)16/h10-11H,3-9H2,1-2H3/t10-/m0/s1. The van der Waals surface area contributed by atoms with Gasteiger partial charge in [0.25, 0.3) is 0 Å². The summed E-state index contributed by atoms with van der Waals surface area (Å²) in [5, 5.41) is 10.5. The third-order valence-corrected chi connectivity index (χ3v) is 4.35. The summed E-state index contributed by atoms with van der Waals surface area (Å²) in [6.45, 7) is 1.33. The summed E-state index contributed by atoms with van der Waals surface area (Å²) in [4.78, 5) is 2.05. The molecule has 0 aliphatic heterocycles. The third-order valence-electron chi connectivity index (χ3n) is 4.35. The number of nitrogens with zero attached hydrogens (tertiary/aromatic N) is 5. The van der Waals surface area contributed by atoms with E-state index in [4.69, 9.17) is 0 Å². The van der Waals surface area contributed by atoms with Crippen molar-refractivity contribution in [3.05, 3.63) is 5.82 Å². The molecule has 1 saturated carbocycles. The fourth-order valence-electron chi connectivity index (χ4n) is 2.97. The van der Waals surface area contributed by atoms with Crippen molar-refractivity contribution in [3.63, 3.8) is 0 Å². The van der Waals surface area contributed by atoms with Gasteiger partial charge in [0, 0.05) is 6.04 Å². The lowest BCUT2D eigenvalue weighted by molar-refractivity contribution is -0.143. The van der Waals surface area contributed by atoms with E-state index >= 15 is 0 Å². The largest absolute Gasteiger partial charge is 0.408 e. The first-order chi connectivity index (χ1) is 9.87. The lowest BCUT2D eigenvalue weighted by Crippen LogP contribution is -2.37. The Hall–Kier alpha value is -1.18. The van der Waals surface area contributed by atoms with Crippen molar-refractivity contribution in [1.29, 1.82) is 0 Å². The van der Waals surface area contributed by atoms with Crippen molar-refractivity contribution < 1.29 is 13.2 Å². The number of aromatic nitrogens is 4. The Morgan fingerprint density at radius 2 is 1.95 bits per heavy atom. The Morgan fingerprint density at radius 1 is 1.29 bits per heavy atom. The third kappa shape index (κ3) is 4.66. The molecule has 1 aromatic heterocycles. The predicted octanol–water partition coefficient (Wildman–Crippen LogP) is 2.64. The fourth-order valence-corrected chi connectivity index (χ4v) is 2.97. The number of tetrazole rings is 1. The van der Waals surface area contributed by atoms with Crippen molar-refractivity contribution >= 4 is 0 Å². The minimum atomic E-state index is -4.31. The molecule has 0 saturated heterocycles. The van der Waals surface area contributed by atoms with Gasteiger partial charge in [-0.25, -0.2) is 4.68 Å². The molecule has 0 bridgehead atoms. The van der Waals surface area contributed by atoms with E-state index in [1.54, 1.807) is 0 Å². The monoisotopic (exact) mass is 305 g/mol. The van der Waals surface area contributed by atoms with Gasteiger partial charge in [0.1, 0.15) is 6.54 Å². The average Bonchev–Trinajstić information content (AvgIpc) is 2.84. The first kappa shape index (κ1) is 16.2. The van der Waals surface area contributed by atoms with E-state index in [-0.39, 0.29) is 5.82 Å². The van der Waals surface area contributed by atoms with Crippen molar-refractivity contribution in [1.82, 2.24) is 25.1 Å². The van der Waals surface area contributed by atoms with Gasteiger partial charge < -0.3 is 0 Å². The van der Waals surface area contributed by atoms with E-state index in [2.05, 4.69) is 27.3 Å². The topological polar surface area (TPSA) is 46.8 Å². The zero-order valence-corrected chi connectivity index (χ0v) is 12.5. The van der Waals surface area contributed by atoms with Crippen molar-refractivity contribution in [2.75, 3.05) is 7.05 Å². The summed E-state index contributed by atoms with van der Waals surface area (Å²) in [5.41, 5.74) is 0. The Kier molecular flexibility index (Phi) is 5.18. The molecular formula is C13H22F3N5. The number of hydrogen-bond acceptors (Lipinski definition) is 4. The Balaban J connectivity index is 1.95. The lowest BCUT2D eigenvalue weighted by atomic mass is 9.84. The molecule has 0 N–H and O–H groups in total. The second-order valence-electron chi connectivity index (χ2n) is 5.92. The summed E-state index contributed by atoms with van der Waals surface area (Å²) in [6.07, 6.45) is 1.86. The van der Waals surface area contributed by atoms with Gasteiger partial charge in [-0.3, -0.25) is 4.90 Å². The van der Waals surface area contributed by atoms with Gasteiger partial charge in [-0.15, -0.1) is 5.10 Å². The predicted molar refractivity (Wildman–Crippen MR) is 71.4 cm³/mol. The molecule has 0 amide bonds. The number of hydrogen-bond donors (Lipinski definition) is 0. The smallest absolute Gasteiger partial charge is 0.296 e. The average molecular weight is 305 g/mol. The van der Waals surface area contributed by atoms with E-state index in [1.807, 2.05) is 7.05 Å². The highest BCUT2D eigenvalue weighted by molar-refractivity contribution is 4.85. The van der Waals surface area contributed by atoms with Gasteiger partial charge in [0.2, 0.25) is 0 Å². The van der Waals surface area contributed by atoms with Gasteiger partial charge in [0.05, 0.1) is 6.54 Å². The van der Waals surface area contributed by atoms with Gasteiger partial charge in [-0.05, 0) is 43.2 Å². The molecule has 8 heteroatoms. The number of rotatable bonds is 5. The molecule has 1 aromatic rings. The molecule has 0 radical (unpaired) electrons. The summed E-state index contributed by atoms with van der Waals surface area (Å²) in [7, 11) is 1.92. The Labute approximate surface area is 122 Å². The lowest BCUT2D eigenvalue weighted by Gasteiger charge is -2.34. The molecular weight excluding hydrogens is 283 g/mol. The van der Waals surface area contributed by atoms with Gasteiger partial charge >= 0.3 is 6.18 Å². The van der Waals surface area contributed by atoms with Crippen LogP contribution in [0.15, 0.2) is 0 Å². The van der Waals surface area contributed by atoms with E-state index in [0.29, 0.717) is 18.5 Å². The quantitative estimate of drug-likeness (QED) is 0.839. The summed E-state index contributed by atoms with van der Waals surface area (Å²) in [6, 6.07) is 0.321. The first-order valence-electron chi connectivity index (χ1n) is 7.39. The highest BCUT2D eigenvalue weighted by Gasteiger charge is 2.31. The van der Waals surface area contributed by atoms with Crippen LogP contribution >= 0.6 is 0 Å². The molecule has 1 aliphatic rings. The van der Waals surface area contributed by atoms with Crippen molar-refractivity contribution in [2.45, 2.75) is 64.3 Å². The van der Waals surface area contributed by atoms with Crippen LogP contribution in [0.4, 0.5) is 13.2 Å². The van der Waals surface area contributed by atoms with E-state index in [1.165, 1.54) is 32.1 Å². The minimum Gasteiger partial charge on any atom is -0.296 e.